The number of hydrogen-bond acceptors (Lipinski definition) is 6. The van der Waals surface area contributed by atoms with Gasteiger partial charge in [0.1, 0.15) is 10.8 Å². The van der Waals surface area contributed by atoms with Crippen LogP contribution in [0.1, 0.15) is 51.1 Å². The number of aliphatic carboxylic acids is 1. The molecule has 0 spiro atoms. The van der Waals surface area contributed by atoms with Crippen molar-refractivity contribution in [3.8, 4) is 22.3 Å². The summed E-state index contributed by atoms with van der Waals surface area (Å²) in [5, 5.41) is 20.0. The molecule has 1 aliphatic heterocycles. The van der Waals surface area contributed by atoms with Crippen LogP contribution in [-0.2, 0) is 11.3 Å². The zero-order chi connectivity index (χ0) is 24.4. The quantitative estimate of drug-likeness (QED) is 0.556. The highest BCUT2D eigenvalue weighted by atomic mass is 32.1. The molecule has 1 saturated heterocycles. The number of ether oxygens (including phenoxy) is 1. The molecule has 0 saturated carbocycles. The van der Waals surface area contributed by atoms with Crippen LogP contribution >= 0.6 is 11.3 Å². The van der Waals surface area contributed by atoms with Crippen LogP contribution in [-0.4, -0.2) is 40.7 Å². The van der Waals surface area contributed by atoms with E-state index in [0.717, 1.165) is 11.6 Å². The number of carboxylic acid groups (broad SMARTS) is 1. The van der Waals surface area contributed by atoms with Crippen molar-refractivity contribution in [1.29, 1.82) is 5.26 Å². The second kappa shape index (κ2) is 9.74. The molecule has 1 N–H and O–H groups in total. The summed E-state index contributed by atoms with van der Waals surface area (Å²) in [6.07, 6.45) is 2.77. The smallest absolute Gasteiger partial charge is 0.387 e. The number of piperidine rings is 1. The average molecular weight is 478 g/mol. The fraction of sp³-hybridized carbons (Fsp3) is 0.542. The summed E-state index contributed by atoms with van der Waals surface area (Å²) in [6.45, 7) is 7.01. The third kappa shape index (κ3) is 5.68. The number of halogens is 2. The molecular weight excluding hydrogens is 448 g/mol. The summed E-state index contributed by atoms with van der Waals surface area (Å²) in [5.74, 6) is -0.577. The van der Waals surface area contributed by atoms with Gasteiger partial charge >= 0.3 is 12.6 Å². The van der Waals surface area contributed by atoms with Crippen LogP contribution in [0.4, 0.5) is 8.78 Å². The van der Waals surface area contributed by atoms with Crippen molar-refractivity contribution in [3.05, 3.63) is 35.0 Å². The topological polar surface area (TPSA) is 86.5 Å². The maximum atomic E-state index is 12.9. The van der Waals surface area contributed by atoms with Gasteiger partial charge in [-0.05, 0) is 42.4 Å². The largest absolute Gasteiger partial charge is 0.481 e. The first-order valence-electron chi connectivity index (χ1n) is 10.9. The molecule has 9 heteroatoms. The first kappa shape index (κ1) is 25.1. The molecule has 2 atom stereocenters. The number of thiazole rings is 1. The summed E-state index contributed by atoms with van der Waals surface area (Å²) in [7, 11) is 0. The molecule has 3 rings (SSSR count). The zero-order valence-electron chi connectivity index (χ0n) is 19.3. The monoisotopic (exact) mass is 477 g/mol. The van der Waals surface area contributed by atoms with Crippen LogP contribution in [0.5, 0.6) is 5.75 Å². The Kier molecular flexibility index (Phi) is 7.39. The molecule has 1 aromatic heterocycles. The van der Waals surface area contributed by atoms with Crippen molar-refractivity contribution in [1.82, 2.24) is 9.88 Å². The van der Waals surface area contributed by atoms with E-state index in [4.69, 9.17) is 0 Å². The summed E-state index contributed by atoms with van der Waals surface area (Å²) in [4.78, 5) is 19.4. The van der Waals surface area contributed by atoms with E-state index in [-0.39, 0.29) is 17.1 Å². The predicted molar refractivity (Wildman–Crippen MR) is 122 cm³/mol. The number of carboxylic acids is 1. The van der Waals surface area contributed by atoms with Crippen molar-refractivity contribution >= 4 is 17.3 Å². The minimum atomic E-state index is -2.98. The maximum Gasteiger partial charge on any atom is 0.387 e. The second-order valence-corrected chi connectivity index (χ2v) is 10.8. The molecule has 1 fully saturated rings. The fourth-order valence-corrected chi connectivity index (χ4v) is 5.34. The summed E-state index contributed by atoms with van der Waals surface area (Å²) < 4.78 is 30.4. The standard InChI is InChI=1S/C24H29F2N3O3S/c1-5-24(21(30)31)9-16(23(2,3)4)12-29(14-24)13-20-28-11-19(33-20)17-8-15(10-27)6-7-18(17)32-22(25)26/h6-8,11,16,22H,5,9,12-14H2,1-4H3,(H,30,31)/t16-,24-/m1/s1. The minimum Gasteiger partial charge on any atom is -0.481 e. The highest BCUT2D eigenvalue weighted by Gasteiger charge is 2.47. The van der Waals surface area contributed by atoms with Gasteiger partial charge in [0.2, 0.25) is 0 Å². The third-order valence-corrected chi connectivity index (χ3v) is 7.52. The van der Waals surface area contributed by atoms with Crippen molar-refractivity contribution in [2.45, 2.75) is 53.7 Å². The Hall–Kier alpha value is -2.57. The Morgan fingerprint density at radius 3 is 2.76 bits per heavy atom. The van der Waals surface area contributed by atoms with Gasteiger partial charge < -0.3 is 9.84 Å². The van der Waals surface area contributed by atoms with Gasteiger partial charge in [0.25, 0.3) is 0 Å². The zero-order valence-corrected chi connectivity index (χ0v) is 20.1. The van der Waals surface area contributed by atoms with E-state index in [1.807, 2.05) is 13.0 Å². The van der Waals surface area contributed by atoms with Crippen LogP contribution in [0.3, 0.4) is 0 Å². The number of benzene rings is 1. The number of alkyl halides is 2. The van der Waals surface area contributed by atoms with Gasteiger partial charge in [-0.3, -0.25) is 9.69 Å². The van der Waals surface area contributed by atoms with Gasteiger partial charge in [-0.25, -0.2) is 4.98 Å². The summed E-state index contributed by atoms with van der Waals surface area (Å²) in [5.41, 5.74) is -0.130. The van der Waals surface area contributed by atoms with Gasteiger partial charge in [-0.1, -0.05) is 27.7 Å². The van der Waals surface area contributed by atoms with Crippen molar-refractivity contribution in [2.75, 3.05) is 13.1 Å². The Morgan fingerprint density at radius 1 is 1.45 bits per heavy atom. The lowest BCUT2D eigenvalue weighted by Crippen LogP contribution is -2.53. The highest BCUT2D eigenvalue weighted by Crippen LogP contribution is 2.44. The van der Waals surface area contributed by atoms with Crippen molar-refractivity contribution in [2.24, 2.45) is 16.7 Å². The van der Waals surface area contributed by atoms with Crippen molar-refractivity contribution in [3.63, 3.8) is 0 Å². The fourth-order valence-electron chi connectivity index (χ4n) is 4.36. The molecule has 0 radical (unpaired) electrons. The van der Waals surface area contributed by atoms with Crippen LogP contribution in [0, 0.1) is 28.1 Å². The number of likely N-dealkylation sites (tertiary alicyclic amines) is 1. The highest BCUT2D eigenvalue weighted by molar-refractivity contribution is 7.15. The molecular formula is C24H29F2N3O3S. The maximum absolute atomic E-state index is 12.9. The van der Waals surface area contributed by atoms with Crippen LogP contribution in [0.15, 0.2) is 24.4 Å². The van der Waals surface area contributed by atoms with Gasteiger partial charge in [0, 0.05) is 24.8 Å². The Morgan fingerprint density at radius 2 is 2.18 bits per heavy atom. The molecule has 178 valence electrons. The van der Waals surface area contributed by atoms with Crippen LogP contribution in [0.25, 0.3) is 10.4 Å². The molecule has 0 unspecified atom stereocenters. The minimum absolute atomic E-state index is 0.0131. The number of rotatable bonds is 7. The third-order valence-electron chi connectivity index (χ3n) is 6.50. The van der Waals surface area contributed by atoms with Gasteiger partial charge in [0.15, 0.2) is 0 Å². The number of nitrogens with zero attached hydrogens (tertiary/aromatic N) is 3. The van der Waals surface area contributed by atoms with Crippen LogP contribution in [0.2, 0.25) is 0 Å². The Bertz CT molecular complexity index is 1040. The Balaban J connectivity index is 1.88. The average Bonchev–Trinajstić information content (AvgIpc) is 3.20. The van der Waals surface area contributed by atoms with E-state index in [0.29, 0.717) is 41.9 Å². The summed E-state index contributed by atoms with van der Waals surface area (Å²) >= 11 is 1.33. The molecule has 2 aromatic rings. The molecule has 1 aliphatic rings. The van der Waals surface area contributed by atoms with E-state index in [9.17, 15) is 23.9 Å². The lowest BCUT2D eigenvalue weighted by molar-refractivity contribution is -0.156. The van der Waals surface area contributed by atoms with Crippen LogP contribution < -0.4 is 4.74 Å². The number of aromatic nitrogens is 1. The van der Waals surface area contributed by atoms with E-state index >= 15 is 0 Å². The Labute approximate surface area is 196 Å². The summed E-state index contributed by atoms with van der Waals surface area (Å²) in [6, 6.07) is 6.32. The number of carbonyl (C=O) groups is 1. The molecule has 1 aromatic carbocycles. The van der Waals surface area contributed by atoms with E-state index in [2.05, 4.69) is 35.4 Å². The number of nitriles is 1. The first-order valence-corrected chi connectivity index (χ1v) is 11.7. The molecule has 0 bridgehead atoms. The molecule has 0 aliphatic carbocycles. The predicted octanol–water partition coefficient (Wildman–Crippen LogP) is 5.63. The number of hydrogen-bond donors (Lipinski definition) is 1. The normalized spacial score (nSPS) is 21.7. The second-order valence-electron chi connectivity index (χ2n) is 9.70. The molecule has 2 heterocycles. The molecule has 0 amide bonds. The van der Waals surface area contributed by atoms with E-state index < -0.39 is 18.0 Å². The van der Waals surface area contributed by atoms with E-state index in [1.54, 1.807) is 6.20 Å². The van der Waals surface area contributed by atoms with Gasteiger partial charge in [-0.2, -0.15) is 14.0 Å². The lowest BCUT2D eigenvalue weighted by atomic mass is 9.66. The van der Waals surface area contributed by atoms with E-state index in [1.165, 1.54) is 29.5 Å². The SMILES string of the molecule is CC[C@@]1(C(=O)O)C[C@@H](C(C)(C)C)CN(Cc2ncc(-c3cc(C#N)ccc3OC(F)F)s2)C1. The molecule has 6 nitrogen and oxygen atoms in total. The lowest BCUT2D eigenvalue weighted by Gasteiger charge is -2.47. The van der Waals surface area contributed by atoms with Crippen molar-refractivity contribution < 1.29 is 23.4 Å². The van der Waals surface area contributed by atoms with Gasteiger partial charge in [0.05, 0.1) is 28.5 Å². The first-order chi connectivity index (χ1) is 15.5. The van der Waals surface area contributed by atoms with Gasteiger partial charge in [-0.15, -0.1) is 11.3 Å². The molecule has 33 heavy (non-hydrogen) atoms.